The van der Waals surface area contributed by atoms with E-state index in [4.69, 9.17) is 10.5 Å². The monoisotopic (exact) mass is 251 g/mol. The minimum absolute atomic E-state index is 0.675. The van der Waals surface area contributed by atoms with Gasteiger partial charge in [-0.3, -0.25) is 4.40 Å². The fraction of sp³-hybridized carbons (Fsp3) is 0.133. The van der Waals surface area contributed by atoms with Crippen LogP contribution in [0.1, 0.15) is 5.56 Å². The molecule has 0 radical (unpaired) electrons. The number of aromatic nitrogens is 2. The van der Waals surface area contributed by atoms with E-state index in [2.05, 4.69) is 11.1 Å². The third-order valence-electron chi connectivity index (χ3n) is 3.53. The topological polar surface area (TPSA) is 52.5 Å². The van der Waals surface area contributed by atoms with Crippen molar-refractivity contribution in [2.45, 2.75) is 6.42 Å². The van der Waals surface area contributed by atoms with Gasteiger partial charge in [0.15, 0.2) is 0 Å². The molecule has 0 aliphatic carbocycles. The maximum absolute atomic E-state index is 6.19. The molecule has 0 saturated heterocycles. The Kier molecular flexibility index (Phi) is 2.06. The number of fused-ring (bicyclic) bond motifs is 2. The van der Waals surface area contributed by atoms with Gasteiger partial charge in [0.1, 0.15) is 22.9 Å². The van der Waals surface area contributed by atoms with Crippen molar-refractivity contribution in [3.8, 4) is 17.0 Å². The minimum Gasteiger partial charge on any atom is -0.493 e. The van der Waals surface area contributed by atoms with E-state index in [1.165, 1.54) is 5.56 Å². The quantitative estimate of drug-likeness (QED) is 0.723. The first-order valence-electron chi connectivity index (χ1n) is 6.31. The Labute approximate surface area is 110 Å². The normalized spacial score (nSPS) is 13.5. The van der Waals surface area contributed by atoms with Gasteiger partial charge >= 0.3 is 0 Å². The molecule has 4 nitrogen and oxygen atoms in total. The molecule has 19 heavy (non-hydrogen) atoms. The highest BCUT2D eigenvalue weighted by Gasteiger charge is 2.16. The zero-order valence-electron chi connectivity index (χ0n) is 10.3. The highest BCUT2D eigenvalue weighted by Crippen LogP contribution is 2.32. The van der Waals surface area contributed by atoms with Crippen LogP contribution in [-0.2, 0) is 6.42 Å². The molecule has 1 aliphatic rings. The second-order valence-electron chi connectivity index (χ2n) is 4.70. The van der Waals surface area contributed by atoms with Crippen LogP contribution >= 0.6 is 0 Å². The van der Waals surface area contributed by atoms with Crippen molar-refractivity contribution >= 4 is 11.5 Å². The predicted molar refractivity (Wildman–Crippen MR) is 74.2 cm³/mol. The van der Waals surface area contributed by atoms with Gasteiger partial charge in [-0.2, -0.15) is 0 Å². The lowest BCUT2D eigenvalue weighted by molar-refractivity contribution is 0.357. The van der Waals surface area contributed by atoms with E-state index in [1.807, 2.05) is 40.9 Å². The third-order valence-corrected chi connectivity index (χ3v) is 3.53. The summed E-state index contributed by atoms with van der Waals surface area (Å²) >= 11 is 0. The maximum Gasteiger partial charge on any atom is 0.139 e. The number of nitrogens with two attached hydrogens (primary N) is 1. The number of hydrogen-bond acceptors (Lipinski definition) is 3. The first-order chi connectivity index (χ1) is 9.33. The molecule has 0 fully saturated rings. The average molecular weight is 251 g/mol. The molecule has 4 rings (SSSR count). The lowest BCUT2D eigenvalue weighted by Gasteiger charge is -2.02. The van der Waals surface area contributed by atoms with Crippen molar-refractivity contribution in [1.82, 2.24) is 9.38 Å². The maximum atomic E-state index is 6.19. The molecule has 0 unspecified atom stereocenters. The number of pyridine rings is 1. The molecule has 4 heteroatoms. The Balaban J connectivity index is 1.92. The van der Waals surface area contributed by atoms with Crippen LogP contribution in [0.15, 0.2) is 42.6 Å². The highest BCUT2D eigenvalue weighted by atomic mass is 16.5. The molecular weight excluding hydrogens is 238 g/mol. The van der Waals surface area contributed by atoms with Crippen LogP contribution in [0.4, 0.5) is 5.82 Å². The van der Waals surface area contributed by atoms with Crippen molar-refractivity contribution in [3.63, 3.8) is 0 Å². The molecule has 0 spiro atoms. The largest absolute Gasteiger partial charge is 0.493 e. The first-order valence-corrected chi connectivity index (χ1v) is 6.31. The van der Waals surface area contributed by atoms with E-state index in [9.17, 15) is 0 Å². The zero-order chi connectivity index (χ0) is 12.8. The van der Waals surface area contributed by atoms with Gasteiger partial charge in [0.25, 0.3) is 0 Å². The second-order valence-corrected chi connectivity index (χ2v) is 4.70. The van der Waals surface area contributed by atoms with Gasteiger partial charge < -0.3 is 10.5 Å². The molecule has 0 atom stereocenters. The minimum atomic E-state index is 0.675. The summed E-state index contributed by atoms with van der Waals surface area (Å²) in [6.45, 7) is 0.763. The van der Waals surface area contributed by atoms with Crippen LogP contribution < -0.4 is 10.5 Å². The Morgan fingerprint density at radius 3 is 3.05 bits per heavy atom. The smallest absolute Gasteiger partial charge is 0.139 e. The van der Waals surface area contributed by atoms with Crippen molar-refractivity contribution in [2.24, 2.45) is 0 Å². The standard InChI is InChI=1S/C15H13N3O/c16-15-14(17-13-3-1-2-7-18(13)15)11-4-5-12-10(9-11)6-8-19-12/h1-5,7,9H,6,8,16H2. The van der Waals surface area contributed by atoms with E-state index in [0.29, 0.717) is 5.82 Å². The number of imidazole rings is 1. The Morgan fingerprint density at radius 1 is 1.21 bits per heavy atom. The van der Waals surface area contributed by atoms with Crippen molar-refractivity contribution < 1.29 is 4.74 Å². The molecule has 1 aliphatic heterocycles. The van der Waals surface area contributed by atoms with E-state index in [-0.39, 0.29) is 0 Å². The van der Waals surface area contributed by atoms with Crippen molar-refractivity contribution in [2.75, 3.05) is 12.3 Å². The van der Waals surface area contributed by atoms with Gasteiger partial charge in [0, 0.05) is 18.2 Å². The fourth-order valence-corrected chi connectivity index (χ4v) is 2.56. The Hall–Kier alpha value is -2.49. The van der Waals surface area contributed by atoms with Gasteiger partial charge in [0.05, 0.1) is 6.61 Å². The SMILES string of the molecule is Nc1c(-c2ccc3c(c2)CCO3)nc2ccccn12. The van der Waals surface area contributed by atoms with Gasteiger partial charge in [0.2, 0.25) is 0 Å². The number of nitrogen functional groups attached to an aromatic ring is 1. The summed E-state index contributed by atoms with van der Waals surface area (Å²) in [4.78, 5) is 4.61. The zero-order valence-corrected chi connectivity index (χ0v) is 10.3. The second kappa shape index (κ2) is 3.75. The van der Waals surface area contributed by atoms with E-state index in [1.54, 1.807) is 0 Å². The molecule has 2 aromatic heterocycles. The van der Waals surface area contributed by atoms with Gasteiger partial charge in [-0.1, -0.05) is 6.07 Å². The number of anilines is 1. The number of hydrogen-bond donors (Lipinski definition) is 1. The summed E-state index contributed by atoms with van der Waals surface area (Å²) in [6, 6.07) is 12.0. The van der Waals surface area contributed by atoms with Gasteiger partial charge in [-0.05, 0) is 35.9 Å². The molecule has 2 N–H and O–H groups in total. The van der Waals surface area contributed by atoms with Crippen LogP contribution in [0.5, 0.6) is 5.75 Å². The van der Waals surface area contributed by atoms with E-state index < -0.39 is 0 Å². The van der Waals surface area contributed by atoms with Crippen molar-refractivity contribution in [1.29, 1.82) is 0 Å². The van der Waals surface area contributed by atoms with Crippen LogP contribution in [0.25, 0.3) is 16.9 Å². The van der Waals surface area contributed by atoms with Crippen LogP contribution in [0.2, 0.25) is 0 Å². The fourth-order valence-electron chi connectivity index (χ4n) is 2.56. The molecule has 3 heterocycles. The first kappa shape index (κ1) is 10.4. The molecule has 0 saturated carbocycles. The number of benzene rings is 1. The van der Waals surface area contributed by atoms with E-state index >= 15 is 0 Å². The van der Waals surface area contributed by atoms with Crippen LogP contribution in [-0.4, -0.2) is 16.0 Å². The van der Waals surface area contributed by atoms with Crippen molar-refractivity contribution in [3.05, 3.63) is 48.2 Å². The lowest BCUT2D eigenvalue weighted by Crippen LogP contribution is -1.93. The van der Waals surface area contributed by atoms with Crippen LogP contribution in [0, 0.1) is 0 Å². The third kappa shape index (κ3) is 1.50. The molecule has 1 aromatic carbocycles. The molecular formula is C15H13N3O. The molecule has 0 bridgehead atoms. The summed E-state index contributed by atoms with van der Waals surface area (Å²) in [6.07, 6.45) is 2.88. The van der Waals surface area contributed by atoms with Gasteiger partial charge in [-0.15, -0.1) is 0 Å². The summed E-state index contributed by atoms with van der Waals surface area (Å²) < 4.78 is 7.42. The molecule has 94 valence electrons. The van der Waals surface area contributed by atoms with Crippen LogP contribution in [0.3, 0.4) is 0 Å². The lowest BCUT2D eigenvalue weighted by atomic mass is 10.1. The number of nitrogens with zero attached hydrogens (tertiary/aromatic N) is 2. The summed E-state index contributed by atoms with van der Waals surface area (Å²) in [5.41, 5.74) is 10.2. The molecule has 3 aromatic rings. The summed E-state index contributed by atoms with van der Waals surface area (Å²) in [5.74, 6) is 1.65. The summed E-state index contributed by atoms with van der Waals surface area (Å²) in [5, 5.41) is 0. The summed E-state index contributed by atoms with van der Waals surface area (Å²) in [7, 11) is 0. The number of rotatable bonds is 1. The predicted octanol–water partition coefficient (Wildman–Crippen LogP) is 2.52. The Morgan fingerprint density at radius 2 is 2.16 bits per heavy atom. The average Bonchev–Trinajstić information content (AvgIpc) is 3.03. The van der Waals surface area contributed by atoms with E-state index in [0.717, 1.165) is 35.7 Å². The molecule has 0 amide bonds. The number of ether oxygens (including phenoxy) is 1. The Bertz CT molecular complexity index is 776. The highest BCUT2D eigenvalue weighted by molar-refractivity contribution is 5.76. The van der Waals surface area contributed by atoms with Gasteiger partial charge in [-0.25, -0.2) is 4.98 Å².